The van der Waals surface area contributed by atoms with Crippen molar-refractivity contribution in [2.24, 2.45) is 0 Å². The normalized spacial score (nSPS) is 16.1. The predicted octanol–water partition coefficient (Wildman–Crippen LogP) is 2.46. The Morgan fingerprint density at radius 1 is 1.19 bits per heavy atom. The van der Waals surface area contributed by atoms with Crippen molar-refractivity contribution < 1.29 is 14.3 Å². The summed E-state index contributed by atoms with van der Waals surface area (Å²) in [6, 6.07) is 13.8. The highest BCUT2D eigenvalue weighted by molar-refractivity contribution is 6.06. The summed E-state index contributed by atoms with van der Waals surface area (Å²) < 4.78 is 5.43. The number of para-hydroxylation sites is 2. The zero-order chi connectivity index (χ0) is 18.5. The highest BCUT2D eigenvalue weighted by Crippen LogP contribution is 2.20. The molecule has 1 heterocycles. The zero-order valence-electron chi connectivity index (χ0n) is 14.6. The molecule has 1 aliphatic rings. The second-order valence-electron chi connectivity index (χ2n) is 6.15. The first-order chi connectivity index (χ1) is 12.5. The molecule has 7 nitrogen and oxygen atoms in total. The number of nitrogens with two attached hydrogens (primary N) is 1. The van der Waals surface area contributed by atoms with Crippen molar-refractivity contribution in [2.75, 3.05) is 36.1 Å². The van der Waals surface area contributed by atoms with E-state index in [0.29, 0.717) is 29.2 Å². The van der Waals surface area contributed by atoms with E-state index in [9.17, 15) is 9.59 Å². The van der Waals surface area contributed by atoms with E-state index in [-0.39, 0.29) is 12.0 Å². The summed E-state index contributed by atoms with van der Waals surface area (Å²) in [5.74, 6) is -0.267. The van der Waals surface area contributed by atoms with Crippen molar-refractivity contribution in [1.29, 1.82) is 0 Å². The molecule has 1 fully saturated rings. The number of nitrogens with one attached hydrogen (secondary N) is 2. The molecular formula is C19H22N4O3. The Hall–Kier alpha value is -3.06. The maximum Gasteiger partial charge on any atom is 0.414 e. The van der Waals surface area contributed by atoms with Gasteiger partial charge < -0.3 is 21.1 Å². The molecule has 0 bridgehead atoms. The number of rotatable bonds is 4. The van der Waals surface area contributed by atoms with E-state index in [4.69, 9.17) is 10.5 Å². The Kier molecular flexibility index (Phi) is 5.38. The van der Waals surface area contributed by atoms with E-state index < -0.39 is 6.09 Å². The molecule has 0 aliphatic carbocycles. The number of nitrogens with zero attached hydrogens (tertiary/aromatic N) is 1. The Bertz CT molecular complexity index is 786. The fraction of sp³-hybridized carbons (Fsp3) is 0.263. The van der Waals surface area contributed by atoms with Crippen molar-refractivity contribution in [2.45, 2.75) is 12.5 Å². The molecule has 2 amide bonds. The number of benzene rings is 2. The van der Waals surface area contributed by atoms with Gasteiger partial charge >= 0.3 is 6.09 Å². The van der Waals surface area contributed by atoms with Crippen LogP contribution in [0.15, 0.2) is 48.5 Å². The molecule has 4 N–H and O–H groups in total. The molecule has 1 saturated heterocycles. The van der Waals surface area contributed by atoms with E-state index in [1.54, 1.807) is 55.6 Å². The SMILES string of the molecule is CN(C(=O)OC1CCNC1)c1ccc(C(=O)Nc2ccccc2N)cc1. The van der Waals surface area contributed by atoms with E-state index in [0.717, 1.165) is 13.0 Å². The summed E-state index contributed by atoms with van der Waals surface area (Å²) >= 11 is 0. The van der Waals surface area contributed by atoms with Crippen LogP contribution in [0.2, 0.25) is 0 Å². The molecule has 0 saturated carbocycles. The van der Waals surface area contributed by atoms with Crippen LogP contribution in [0.5, 0.6) is 0 Å². The maximum atomic E-state index is 12.3. The molecule has 0 spiro atoms. The van der Waals surface area contributed by atoms with Crippen molar-refractivity contribution in [1.82, 2.24) is 5.32 Å². The van der Waals surface area contributed by atoms with Crippen LogP contribution in [-0.4, -0.2) is 38.2 Å². The largest absolute Gasteiger partial charge is 0.444 e. The van der Waals surface area contributed by atoms with Crippen LogP contribution in [0.4, 0.5) is 21.9 Å². The van der Waals surface area contributed by atoms with Crippen LogP contribution in [0.3, 0.4) is 0 Å². The van der Waals surface area contributed by atoms with Gasteiger partial charge in [0.05, 0.1) is 11.4 Å². The van der Waals surface area contributed by atoms with Gasteiger partial charge in [0.2, 0.25) is 0 Å². The Morgan fingerprint density at radius 3 is 2.58 bits per heavy atom. The van der Waals surface area contributed by atoms with E-state index in [1.165, 1.54) is 4.90 Å². The van der Waals surface area contributed by atoms with Crippen molar-refractivity contribution in [3.63, 3.8) is 0 Å². The van der Waals surface area contributed by atoms with E-state index in [2.05, 4.69) is 10.6 Å². The average molecular weight is 354 g/mol. The summed E-state index contributed by atoms with van der Waals surface area (Å²) in [4.78, 5) is 25.9. The molecule has 2 aromatic rings. The minimum atomic E-state index is -0.409. The standard InChI is InChI=1S/C19H22N4O3/c1-23(19(25)26-15-10-11-21-12-15)14-8-6-13(7-9-14)18(24)22-17-5-3-2-4-16(17)20/h2-9,15,21H,10-12,20H2,1H3,(H,22,24). The van der Waals surface area contributed by atoms with Gasteiger partial charge in [0.25, 0.3) is 5.91 Å². The molecule has 2 aromatic carbocycles. The lowest BCUT2D eigenvalue weighted by Gasteiger charge is -2.20. The third-order valence-electron chi connectivity index (χ3n) is 4.28. The molecular weight excluding hydrogens is 332 g/mol. The smallest absolute Gasteiger partial charge is 0.414 e. The molecule has 7 heteroatoms. The number of amides is 2. The monoisotopic (exact) mass is 354 g/mol. The fourth-order valence-corrected chi connectivity index (χ4v) is 2.70. The van der Waals surface area contributed by atoms with Gasteiger partial charge in [-0.3, -0.25) is 9.69 Å². The Morgan fingerprint density at radius 2 is 1.92 bits per heavy atom. The van der Waals surface area contributed by atoms with Crippen LogP contribution in [-0.2, 0) is 4.74 Å². The Balaban J connectivity index is 1.62. The average Bonchev–Trinajstić information content (AvgIpc) is 3.16. The second-order valence-corrected chi connectivity index (χ2v) is 6.15. The van der Waals surface area contributed by atoms with Crippen LogP contribution in [0.1, 0.15) is 16.8 Å². The second kappa shape index (κ2) is 7.88. The fourth-order valence-electron chi connectivity index (χ4n) is 2.70. The topological polar surface area (TPSA) is 96.7 Å². The summed E-state index contributed by atoms with van der Waals surface area (Å²) in [5.41, 5.74) is 8.02. The highest BCUT2D eigenvalue weighted by Gasteiger charge is 2.21. The Labute approximate surface area is 152 Å². The molecule has 136 valence electrons. The maximum absolute atomic E-state index is 12.3. The number of hydrogen-bond acceptors (Lipinski definition) is 5. The van der Waals surface area contributed by atoms with Crippen LogP contribution >= 0.6 is 0 Å². The summed E-state index contributed by atoms with van der Waals surface area (Å²) in [6.07, 6.45) is 0.320. The third-order valence-corrected chi connectivity index (χ3v) is 4.28. The predicted molar refractivity (Wildman–Crippen MR) is 101 cm³/mol. The van der Waals surface area contributed by atoms with Crippen molar-refractivity contribution >= 4 is 29.1 Å². The molecule has 3 rings (SSSR count). The lowest BCUT2D eigenvalue weighted by atomic mass is 10.1. The summed E-state index contributed by atoms with van der Waals surface area (Å²) in [6.45, 7) is 1.54. The van der Waals surface area contributed by atoms with Gasteiger partial charge in [-0.05, 0) is 49.4 Å². The first-order valence-corrected chi connectivity index (χ1v) is 8.45. The first kappa shape index (κ1) is 17.8. The molecule has 1 unspecified atom stereocenters. The van der Waals surface area contributed by atoms with Gasteiger partial charge in [0.1, 0.15) is 6.10 Å². The van der Waals surface area contributed by atoms with Gasteiger partial charge in [-0.2, -0.15) is 0 Å². The van der Waals surface area contributed by atoms with Gasteiger partial charge in [0.15, 0.2) is 0 Å². The third kappa shape index (κ3) is 4.12. The van der Waals surface area contributed by atoms with Crippen LogP contribution < -0.4 is 21.3 Å². The molecule has 0 radical (unpaired) electrons. The van der Waals surface area contributed by atoms with Crippen LogP contribution in [0.25, 0.3) is 0 Å². The number of carbonyl (C=O) groups is 2. The number of carbonyl (C=O) groups excluding carboxylic acids is 2. The number of ether oxygens (including phenoxy) is 1. The summed E-state index contributed by atoms with van der Waals surface area (Å²) in [5, 5.41) is 5.92. The number of anilines is 3. The number of nitrogen functional groups attached to an aromatic ring is 1. The van der Waals surface area contributed by atoms with E-state index in [1.807, 2.05) is 0 Å². The van der Waals surface area contributed by atoms with Gasteiger partial charge in [-0.25, -0.2) is 4.79 Å². The quantitative estimate of drug-likeness (QED) is 0.733. The van der Waals surface area contributed by atoms with Gasteiger partial charge in [0, 0.05) is 24.8 Å². The number of hydrogen-bond donors (Lipinski definition) is 3. The molecule has 0 aromatic heterocycles. The molecule has 1 atom stereocenters. The minimum Gasteiger partial charge on any atom is -0.444 e. The minimum absolute atomic E-state index is 0.0914. The highest BCUT2D eigenvalue weighted by atomic mass is 16.6. The zero-order valence-corrected chi connectivity index (χ0v) is 14.6. The lowest BCUT2D eigenvalue weighted by molar-refractivity contribution is 0.102. The van der Waals surface area contributed by atoms with Crippen molar-refractivity contribution in [3.05, 3.63) is 54.1 Å². The lowest BCUT2D eigenvalue weighted by Crippen LogP contribution is -2.32. The van der Waals surface area contributed by atoms with Crippen molar-refractivity contribution in [3.8, 4) is 0 Å². The van der Waals surface area contributed by atoms with Gasteiger partial charge in [-0.1, -0.05) is 12.1 Å². The molecule has 26 heavy (non-hydrogen) atoms. The summed E-state index contributed by atoms with van der Waals surface area (Å²) in [7, 11) is 1.64. The first-order valence-electron chi connectivity index (χ1n) is 8.45. The van der Waals surface area contributed by atoms with Crippen LogP contribution in [0, 0.1) is 0 Å². The molecule has 1 aliphatic heterocycles. The van der Waals surface area contributed by atoms with E-state index >= 15 is 0 Å². The van der Waals surface area contributed by atoms with Gasteiger partial charge in [-0.15, -0.1) is 0 Å².